The molecule has 0 spiro atoms. The molecule has 0 saturated heterocycles. The molecular weight excluding hydrogens is 302 g/mol. The Balaban J connectivity index is 2.82. The molecule has 1 heterocycles. The lowest BCUT2D eigenvalue weighted by Crippen LogP contribution is -2.36. The molecule has 1 aromatic rings. The van der Waals surface area contributed by atoms with Crippen LogP contribution in [0.2, 0.25) is 0 Å². The number of pyridine rings is 1. The quantitative estimate of drug-likeness (QED) is 0.771. The Morgan fingerprint density at radius 3 is 2.48 bits per heavy atom. The van der Waals surface area contributed by atoms with Gasteiger partial charge in [0.2, 0.25) is 0 Å². The van der Waals surface area contributed by atoms with Gasteiger partial charge in [-0.15, -0.1) is 0 Å². The summed E-state index contributed by atoms with van der Waals surface area (Å²) in [5.41, 5.74) is 0.580. The molecular formula is C15H21N3OS2. The Morgan fingerprint density at radius 1 is 1.43 bits per heavy atom. The molecule has 0 radical (unpaired) electrons. The van der Waals surface area contributed by atoms with Gasteiger partial charge < -0.3 is 9.64 Å². The molecule has 0 aromatic carbocycles. The van der Waals surface area contributed by atoms with Gasteiger partial charge in [-0.2, -0.15) is 5.26 Å². The van der Waals surface area contributed by atoms with E-state index in [2.05, 4.69) is 11.1 Å². The van der Waals surface area contributed by atoms with Crippen molar-refractivity contribution in [1.82, 2.24) is 4.98 Å². The fourth-order valence-corrected chi connectivity index (χ4v) is 3.67. The van der Waals surface area contributed by atoms with Crippen LogP contribution in [0.3, 0.4) is 0 Å². The second-order valence-electron chi connectivity index (χ2n) is 5.62. The number of nitrogens with zero attached hydrogens (tertiary/aromatic N) is 3. The monoisotopic (exact) mass is 323 g/mol. The van der Waals surface area contributed by atoms with Gasteiger partial charge in [0.05, 0.1) is 11.7 Å². The van der Waals surface area contributed by atoms with Crippen molar-refractivity contribution in [2.45, 2.75) is 37.5 Å². The van der Waals surface area contributed by atoms with E-state index in [0.717, 1.165) is 5.69 Å². The van der Waals surface area contributed by atoms with E-state index >= 15 is 0 Å². The van der Waals surface area contributed by atoms with Crippen LogP contribution in [0, 0.1) is 11.3 Å². The zero-order chi connectivity index (χ0) is 16.1. The number of thioether (sulfide) groups is 1. The highest BCUT2D eigenvalue weighted by molar-refractivity contribution is 8.24. The van der Waals surface area contributed by atoms with Gasteiger partial charge in [-0.25, -0.2) is 0 Å². The van der Waals surface area contributed by atoms with E-state index in [1.165, 1.54) is 11.8 Å². The van der Waals surface area contributed by atoms with Crippen LogP contribution in [0.25, 0.3) is 0 Å². The number of methoxy groups -OCH3 is 1. The minimum absolute atomic E-state index is 0.373. The maximum absolute atomic E-state index is 9.53. The minimum Gasteiger partial charge on any atom is -0.379 e. The molecule has 0 aliphatic carbocycles. The molecule has 1 rings (SSSR count). The van der Waals surface area contributed by atoms with Crippen LogP contribution in [-0.4, -0.2) is 33.8 Å². The number of rotatable bonds is 5. The summed E-state index contributed by atoms with van der Waals surface area (Å²) in [6, 6.07) is 6.13. The molecule has 114 valence electrons. The predicted octanol–water partition coefficient (Wildman–Crippen LogP) is 3.63. The summed E-state index contributed by atoms with van der Waals surface area (Å²) < 4.78 is 5.44. The second kappa shape index (κ2) is 7.21. The van der Waals surface area contributed by atoms with Crippen molar-refractivity contribution >= 4 is 34.0 Å². The minimum atomic E-state index is -0.641. The normalized spacial score (nSPS) is 14.1. The van der Waals surface area contributed by atoms with Gasteiger partial charge in [-0.1, -0.05) is 24.0 Å². The van der Waals surface area contributed by atoms with E-state index in [1.807, 2.05) is 44.9 Å². The van der Waals surface area contributed by atoms with Crippen molar-refractivity contribution in [3.63, 3.8) is 0 Å². The average Bonchev–Trinajstić information content (AvgIpc) is 2.46. The lowest BCUT2D eigenvalue weighted by Gasteiger charge is -2.32. The van der Waals surface area contributed by atoms with E-state index in [4.69, 9.17) is 17.0 Å². The van der Waals surface area contributed by atoms with Gasteiger partial charge in [0, 0.05) is 38.7 Å². The van der Waals surface area contributed by atoms with Crippen LogP contribution in [0.15, 0.2) is 24.5 Å². The molecule has 0 N–H and O–H groups in total. The number of hydrogen-bond acceptors (Lipinski definition) is 5. The second-order valence-corrected chi connectivity index (χ2v) is 7.75. The first kappa shape index (κ1) is 17.9. The van der Waals surface area contributed by atoms with Gasteiger partial charge in [-0.05, 0) is 32.9 Å². The Labute approximate surface area is 136 Å². The molecule has 4 nitrogen and oxygen atoms in total. The first-order valence-electron chi connectivity index (χ1n) is 6.56. The van der Waals surface area contributed by atoms with Crippen LogP contribution in [0.1, 0.15) is 27.2 Å². The van der Waals surface area contributed by atoms with Gasteiger partial charge in [0.15, 0.2) is 0 Å². The van der Waals surface area contributed by atoms with Crippen molar-refractivity contribution in [3.05, 3.63) is 24.5 Å². The van der Waals surface area contributed by atoms with Crippen molar-refractivity contribution in [3.8, 4) is 6.07 Å². The fraction of sp³-hybridized carbons (Fsp3) is 0.533. The molecule has 0 aliphatic heterocycles. The molecule has 1 aromatic heterocycles. The summed E-state index contributed by atoms with van der Waals surface area (Å²) in [4.78, 5) is 5.88. The highest BCUT2D eigenvalue weighted by Crippen LogP contribution is 2.36. The number of nitriles is 1. The first-order chi connectivity index (χ1) is 9.73. The van der Waals surface area contributed by atoms with Crippen molar-refractivity contribution in [2.75, 3.05) is 19.1 Å². The summed E-state index contributed by atoms with van der Waals surface area (Å²) >= 11 is 6.86. The largest absolute Gasteiger partial charge is 0.379 e. The van der Waals surface area contributed by atoms with E-state index in [-0.39, 0.29) is 5.60 Å². The number of ether oxygens (including phenoxy) is 1. The summed E-state index contributed by atoms with van der Waals surface area (Å²) in [7, 11) is 3.55. The molecule has 0 aliphatic rings. The molecule has 1 unspecified atom stereocenters. The number of aromatic nitrogens is 1. The molecule has 0 saturated carbocycles. The van der Waals surface area contributed by atoms with Gasteiger partial charge in [0.1, 0.15) is 9.07 Å². The maximum Gasteiger partial charge on any atom is 0.142 e. The predicted molar refractivity (Wildman–Crippen MR) is 92.6 cm³/mol. The zero-order valence-electron chi connectivity index (χ0n) is 13.1. The van der Waals surface area contributed by atoms with Crippen molar-refractivity contribution in [2.24, 2.45) is 0 Å². The number of hydrogen-bond donors (Lipinski definition) is 0. The molecule has 0 amide bonds. The summed E-state index contributed by atoms with van der Waals surface area (Å²) in [6.45, 7) is 5.84. The molecule has 0 fully saturated rings. The van der Waals surface area contributed by atoms with Crippen molar-refractivity contribution < 1.29 is 4.74 Å². The molecule has 21 heavy (non-hydrogen) atoms. The number of thiocarbonyl (C=S) groups is 1. The molecule has 0 bridgehead atoms. The van der Waals surface area contributed by atoms with Gasteiger partial charge >= 0.3 is 0 Å². The third kappa shape index (κ3) is 5.27. The third-order valence-electron chi connectivity index (χ3n) is 3.19. The molecule has 6 heteroatoms. The Kier molecular flexibility index (Phi) is 6.14. The zero-order valence-corrected chi connectivity index (χ0v) is 14.7. The van der Waals surface area contributed by atoms with Crippen LogP contribution < -0.4 is 4.90 Å². The van der Waals surface area contributed by atoms with Crippen LogP contribution in [-0.2, 0) is 4.74 Å². The lowest BCUT2D eigenvalue weighted by molar-refractivity contribution is 0.0121. The van der Waals surface area contributed by atoms with E-state index in [1.54, 1.807) is 19.5 Å². The Bertz CT molecular complexity index is 527. The smallest absolute Gasteiger partial charge is 0.142 e. The van der Waals surface area contributed by atoms with Gasteiger partial charge in [-0.3, -0.25) is 4.98 Å². The Morgan fingerprint density at radius 2 is 2.00 bits per heavy atom. The van der Waals surface area contributed by atoms with Gasteiger partial charge in [0.25, 0.3) is 0 Å². The molecule has 1 atom stereocenters. The fourth-order valence-electron chi connectivity index (χ4n) is 1.92. The Hall–Kier alpha value is -1.16. The standard InChI is InChI=1S/C15H21N3OS2/c1-14(2,19-5)10-15(3,11-16)21-13(20)18(4)12-6-8-17-9-7-12/h6-9H,10H2,1-5H3. The van der Waals surface area contributed by atoms with E-state index < -0.39 is 4.75 Å². The van der Waals surface area contributed by atoms with Crippen LogP contribution in [0.4, 0.5) is 5.69 Å². The highest BCUT2D eigenvalue weighted by atomic mass is 32.2. The maximum atomic E-state index is 9.53. The van der Waals surface area contributed by atoms with Crippen LogP contribution >= 0.6 is 24.0 Å². The highest BCUT2D eigenvalue weighted by Gasteiger charge is 2.35. The van der Waals surface area contributed by atoms with Crippen molar-refractivity contribution in [1.29, 1.82) is 5.26 Å². The first-order valence-corrected chi connectivity index (χ1v) is 7.79. The number of anilines is 1. The van der Waals surface area contributed by atoms with E-state index in [0.29, 0.717) is 10.7 Å². The lowest BCUT2D eigenvalue weighted by atomic mass is 9.95. The average molecular weight is 323 g/mol. The topological polar surface area (TPSA) is 49.1 Å². The summed E-state index contributed by atoms with van der Waals surface area (Å²) in [5, 5.41) is 9.53. The van der Waals surface area contributed by atoms with Crippen LogP contribution in [0.5, 0.6) is 0 Å². The summed E-state index contributed by atoms with van der Waals surface area (Å²) in [6.07, 6.45) is 4.02. The third-order valence-corrected chi connectivity index (χ3v) is 4.85. The SMILES string of the molecule is COC(C)(C)CC(C)(C#N)SC(=S)N(C)c1ccncc1. The van der Waals surface area contributed by atoms with E-state index in [9.17, 15) is 5.26 Å². The summed E-state index contributed by atoms with van der Waals surface area (Å²) in [5.74, 6) is 0.